The van der Waals surface area contributed by atoms with Gasteiger partial charge in [0.1, 0.15) is 6.54 Å². The van der Waals surface area contributed by atoms with Crippen LogP contribution in [-0.2, 0) is 16.1 Å². The van der Waals surface area contributed by atoms with Crippen LogP contribution in [0.5, 0.6) is 0 Å². The van der Waals surface area contributed by atoms with Crippen molar-refractivity contribution >= 4 is 33.4 Å². The molecule has 3 heterocycles. The van der Waals surface area contributed by atoms with E-state index in [2.05, 4.69) is 36.4 Å². The standard InChI is InChI=1S/C20H15BrN6O3/c1-11-5-7-14(8-6-11)27-19(28)16-17(20(27)29)26(25-23-16)10-15-22-18(24-30-15)12-3-2-4-13(21)9-12/h2-9,16-17H,10H2,1H3. The molecule has 0 saturated carbocycles. The minimum absolute atomic E-state index is 0.0758. The number of nitrogens with zero attached hydrogens (tertiary/aromatic N) is 6. The fourth-order valence-electron chi connectivity index (χ4n) is 3.50. The first-order valence-corrected chi connectivity index (χ1v) is 10.0. The summed E-state index contributed by atoms with van der Waals surface area (Å²) in [5, 5.41) is 13.4. The van der Waals surface area contributed by atoms with E-state index >= 15 is 0 Å². The van der Waals surface area contributed by atoms with Crippen molar-refractivity contribution in [3.63, 3.8) is 0 Å². The maximum atomic E-state index is 13.0. The maximum absolute atomic E-state index is 13.0. The van der Waals surface area contributed by atoms with Crippen LogP contribution in [0.3, 0.4) is 0 Å². The van der Waals surface area contributed by atoms with Gasteiger partial charge in [-0.05, 0) is 31.2 Å². The lowest BCUT2D eigenvalue weighted by Gasteiger charge is -2.19. The van der Waals surface area contributed by atoms with Crippen LogP contribution < -0.4 is 4.90 Å². The molecule has 0 spiro atoms. The van der Waals surface area contributed by atoms with Gasteiger partial charge in [-0.15, -0.1) is 0 Å². The number of amides is 2. The zero-order chi connectivity index (χ0) is 20.8. The predicted molar refractivity (Wildman–Crippen MR) is 109 cm³/mol. The molecule has 0 aliphatic carbocycles. The Morgan fingerprint density at radius 2 is 1.90 bits per heavy atom. The molecule has 2 aliphatic rings. The number of aromatic nitrogens is 2. The topological polar surface area (TPSA) is 104 Å². The first-order valence-electron chi connectivity index (χ1n) is 9.22. The zero-order valence-corrected chi connectivity index (χ0v) is 17.4. The van der Waals surface area contributed by atoms with E-state index in [1.54, 1.807) is 12.1 Å². The maximum Gasteiger partial charge on any atom is 0.263 e. The number of hydrogen-bond donors (Lipinski definition) is 0. The molecule has 2 unspecified atom stereocenters. The third-order valence-corrected chi connectivity index (χ3v) is 5.49. The molecule has 1 fully saturated rings. The lowest BCUT2D eigenvalue weighted by molar-refractivity contribution is -0.123. The summed E-state index contributed by atoms with van der Waals surface area (Å²) in [6.45, 7) is 2.02. The van der Waals surface area contributed by atoms with Crippen LogP contribution >= 0.6 is 15.9 Å². The van der Waals surface area contributed by atoms with E-state index in [0.29, 0.717) is 11.5 Å². The SMILES string of the molecule is Cc1ccc(N2C(=O)C3N=NN(Cc4nc(-c5cccc(Br)c5)no4)C3C2=O)cc1. The molecule has 0 radical (unpaired) electrons. The van der Waals surface area contributed by atoms with Gasteiger partial charge < -0.3 is 4.52 Å². The zero-order valence-electron chi connectivity index (χ0n) is 15.8. The van der Waals surface area contributed by atoms with E-state index in [-0.39, 0.29) is 24.2 Å². The Morgan fingerprint density at radius 3 is 2.67 bits per heavy atom. The molecule has 3 aromatic rings. The van der Waals surface area contributed by atoms with Crippen molar-refractivity contribution in [3.8, 4) is 11.4 Å². The van der Waals surface area contributed by atoms with Crippen LogP contribution in [0, 0.1) is 6.92 Å². The van der Waals surface area contributed by atoms with Gasteiger partial charge in [0.05, 0.1) is 5.69 Å². The first kappa shape index (κ1) is 18.6. The van der Waals surface area contributed by atoms with Crippen LogP contribution in [-0.4, -0.2) is 39.0 Å². The second-order valence-electron chi connectivity index (χ2n) is 7.06. The molecule has 2 atom stereocenters. The summed E-state index contributed by atoms with van der Waals surface area (Å²) < 4.78 is 6.22. The molecule has 0 N–H and O–H groups in total. The molecule has 2 amide bonds. The molecule has 9 nitrogen and oxygen atoms in total. The second kappa shape index (κ2) is 7.13. The highest BCUT2D eigenvalue weighted by Crippen LogP contribution is 2.33. The number of aryl methyl sites for hydroxylation is 1. The lowest BCUT2D eigenvalue weighted by atomic mass is 10.1. The summed E-state index contributed by atoms with van der Waals surface area (Å²) in [5.74, 6) is -0.0567. The number of fused-ring (bicyclic) bond motifs is 1. The summed E-state index contributed by atoms with van der Waals surface area (Å²) >= 11 is 3.41. The fourth-order valence-corrected chi connectivity index (χ4v) is 3.90. The Kier molecular flexibility index (Phi) is 4.43. The molecular formula is C20H15BrN6O3. The van der Waals surface area contributed by atoms with Crippen molar-refractivity contribution in [2.75, 3.05) is 4.90 Å². The lowest BCUT2D eigenvalue weighted by Crippen LogP contribution is -2.39. The summed E-state index contributed by atoms with van der Waals surface area (Å²) in [6.07, 6.45) is 0. The van der Waals surface area contributed by atoms with Gasteiger partial charge in [-0.3, -0.25) is 14.6 Å². The van der Waals surface area contributed by atoms with Gasteiger partial charge in [-0.25, -0.2) is 4.90 Å². The van der Waals surface area contributed by atoms with E-state index in [1.165, 1.54) is 9.91 Å². The minimum Gasteiger partial charge on any atom is -0.337 e. The predicted octanol–water partition coefficient (Wildman–Crippen LogP) is 3.30. The molecule has 1 aromatic heterocycles. The van der Waals surface area contributed by atoms with Gasteiger partial charge in [0.2, 0.25) is 11.7 Å². The average molecular weight is 467 g/mol. The summed E-state index contributed by atoms with van der Waals surface area (Å²) in [7, 11) is 0. The van der Waals surface area contributed by atoms with Crippen molar-refractivity contribution in [2.24, 2.45) is 10.3 Å². The quantitative estimate of drug-likeness (QED) is 0.546. The number of carbonyl (C=O) groups excluding carboxylic acids is 2. The molecule has 150 valence electrons. The van der Waals surface area contributed by atoms with Crippen molar-refractivity contribution in [1.29, 1.82) is 0 Å². The van der Waals surface area contributed by atoms with Crippen LogP contribution in [0.4, 0.5) is 5.69 Å². The van der Waals surface area contributed by atoms with Gasteiger partial charge >= 0.3 is 0 Å². The van der Waals surface area contributed by atoms with E-state index in [0.717, 1.165) is 15.6 Å². The Morgan fingerprint density at radius 1 is 1.10 bits per heavy atom. The second-order valence-corrected chi connectivity index (χ2v) is 7.98. The summed E-state index contributed by atoms with van der Waals surface area (Å²) in [5.41, 5.74) is 2.35. The molecular weight excluding hydrogens is 452 g/mol. The molecule has 30 heavy (non-hydrogen) atoms. The number of carbonyl (C=O) groups is 2. The van der Waals surface area contributed by atoms with Crippen molar-refractivity contribution in [3.05, 3.63) is 64.5 Å². The summed E-state index contributed by atoms with van der Waals surface area (Å²) in [4.78, 5) is 31.3. The van der Waals surface area contributed by atoms with E-state index in [4.69, 9.17) is 4.52 Å². The third kappa shape index (κ3) is 3.09. The minimum atomic E-state index is -0.869. The Hall–Kier alpha value is -3.40. The number of anilines is 1. The third-order valence-electron chi connectivity index (χ3n) is 5.00. The van der Waals surface area contributed by atoms with E-state index < -0.39 is 12.1 Å². The van der Waals surface area contributed by atoms with Gasteiger partial charge in [0.15, 0.2) is 12.1 Å². The number of rotatable bonds is 4. The highest BCUT2D eigenvalue weighted by Gasteiger charge is 2.55. The van der Waals surface area contributed by atoms with Crippen LogP contribution in [0.2, 0.25) is 0 Å². The molecule has 0 bridgehead atoms. The normalized spacial score (nSPS) is 20.3. The Labute approximate surface area is 179 Å². The van der Waals surface area contributed by atoms with Crippen molar-refractivity contribution in [1.82, 2.24) is 15.1 Å². The number of benzene rings is 2. The highest BCUT2D eigenvalue weighted by atomic mass is 79.9. The van der Waals surface area contributed by atoms with E-state index in [1.807, 2.05) is 43.3 Å². The summed E-state index contributed by atoms with van der Waals surface area (Å²) in [6, 6.07) is 13.0. The molecule has 2 aliphatic heterocycles. The number of imide groups is 1. The first-order chi connectivity index (χ1) is 14.5. The molecule has 2 aromatic carbocycles. The Balaban J connectivity index is 1.36. The van der Waals surface area contributed by atoms with Crippen LogP contribution in [0.1, 0.15) is 11.5 Å². The highest BCUT2D eigenvalue weighted by molar-refractivity contribution is 9.10. The average Bonchev–Trinajstić information content (AvgIpc) is 3.42. The fraction of sp³-hybridized carbons (Fsp3) is 0.200. The van der Waals surface area contributed by atoms with Crippen molar-refractivity contribution < 1.29 is 14.1 Å². The monoisotopic (exact) mass is 466 g/mol. The molecule has 1 saturated heterocycles. The van der Waals surface area contributed by atoms with Gasteiger partial charge in [-0.1, -0.05) is 56.1 Å². The molecule has 5 rings (SSSR count). The van der Waals surface area contributed by atoms with Crippen molar-refractivity contribution in [2.45, 2.75) is 25.6 Å². The number of halogens is 1. The van der Waals surface area contributed by atoms with Gasteiger partial charge in [0.25, 0.3) is 11.8 Å². The number of hydrogen-bond acceptors (Lipinski definition) is 8. The van der Waals surface area contributed by atoms with Gasteiger partial charge in [-0.2, -0.15) is 10.1 Å². The van der Waals surface area contributed by atoms with E-state index in [9.17, 15) is 9.59 Å². The molecule has 10 heteroatoms. The van der Waals surface area contributed by atoms with Gasteiger partial charge in [0, 0.05) is 10.0 Å². The van der Waals surface area contributed by atoms with Crippen LogP contribution in [0.15, 0.2) is 67.9 Å². The smallest absolute Gasteiger partial charge is 0.263 e. The van der Waals surface area contributed by atoms with Crippen LogP contribution in [0.25, 0.3) is 11.4 Å². The Bertz CT molecular complexity index is 1180. The largest absolute Gasteiger partial charge is 0.337 e.